The number of nitrogens with one attached hydrogen (secondary N) is 1. The average molecular weight is 219 g/mol. The zero-order valence-corrected chi connectivity index (χ0v) is 9.99. The molecule has 0 unspecified atom stereocenters. The predicted molar refractivity (Wildman–Crippen MR) is 63.1 cm³/mol. The summed E-state index contributed by atoms with van der Waals surface area (Å²) in [5.41, 5.74) is 0.405. The van der Waals surface area contributed by atoms with Crippen LogP contribution in [0.4, 0.5) is 5.82 Å². The van der Waals surface area contributed by atoms with Crippen LogP contribution in [-0.2, 0) is 0 Å². The Morgan fingerprint density at radius 3 is 2.81 bits per heavy atom. The van der Waals surface area contributed by atoms with Crippen molar-refractivity contribution in [3.8, 4) is 6.07 Å². The van der Waals surface area contributed by atoms with Gasteiger partial charge in [-0.25, -0.2) is 9.97 Å². The van der Waals surface area contributed by atoms with Crippen LogP contribution in [0.3, 0.4) is 0 Å². The molecule has 5 heteroatoms. The van der Waals surface area contributed by atoms with Gasteiger partial charge in [-0.2, -0.15) is 5.26 Å². The average Bonchev–Trinajstić information content (AvgIpc) is 2.23. The topological polar surface area (TPSA) is 64.8 Å². The number of nitrogens with zero attached hydrogens (tertiary/aromatic N) is 4. The van der Waals surface area contributed by atoms with Gasteiger partial charge in [0.2, 0.25) is 0 Å². The van der Waals surface area contributed by atoms with Crippen molar-refractivity contribution in [3.63, 3.8) is 0 Å². The summed E-state index contributed by atoms with van der Waals surface area (Å²) in [5, 5.41) is 11.9. The first-order chi connectivity index (χ1) is 7.61. The maximum absolute atomic E-state index is 8.76. The monoisotopic (exact) mass is 219 g/mol. The normalized spacial score (nSPS) is 10.2. The Morgan fingerprint density at radius 1 is 1.44 bits per heavy atom. The molecule has 0 saturated carbocycles. The fourth-order valence-electron chi connectivity index (χ4n) is 1.33. The van der Waals surface area contributed by atoms with Crippen molar-refractivity contribution in [2.75, 3.05) is 32.5 Å². The van der Waals surface area contributed by atoms with Crippen LogP contribution in [0.15, 0.2) is 6.07 Å². The maximum atomic E-state index is 8.76. The highest BCUT2D eigenvalue weighted by molar-refractivity contribution is 5.39. The van der Waals surface area contributed by atoms with Crippen molar-refractivity contribution in [1.29, 1.82) is 5.26 Å². The van der Waals surface area contributed by atoms with Gasteiger partial charge in [-0.05, 0) is 34.0 Å². The lowest BCUT2D eigenvalue weighted by molar-refractivity contribution is 0.405. The second-order valence-electron chi connectivity index (χ2n) is 3.88. The summed E-state index contributed by atoms with van der Waals surface area (Å²) >= 11 is 0. The van der Waals surface area contributed by atoms with Gasteiger partial charge in [0, 0.05) is 12.6 Å². The second kappa shape index (κ2) is 6.03. The minimum Gasteiger partial charge on any atom is -0.370 e. The van der Waals surface area contributed by atoms with E-state index >= 15 is 0 Å². The number of rotatable bonds is 5. The summed E-state index contributed by atoms with van der Waals surface area (Å²) < 4.78 is 0. The number of anilines is 1. The molecule has 1 aromatic heterocycles. The smallest absolute Gasteiger partial charge is 0.146 e. The zero-order chi connectivity index (χ0) is 12.0. The summed E-state index contributed by atoms with van der Waals surface area (Å²) in [7, 11) is 4.09. The summed E-state index contributed by atoms with van der Waals surface area (Å²) in [4.78, 5) is 10.3. The van der Waals surface area contributed by atoms with Crippen LogP contribution in [0.2, 0.25) is 0 Å². The lowest BCUT2D eigenvalue weighted by Crippen LogP contribution is -2.16. The van der Waals surface area contributed by atoms with E-state index in [0.717, 1.165) is 25.3 Å². The fraction of sp³-hybridized carbons (Fsp3) is 0.545. The molecular weight excluding hydrogens is 202 g/mol. The number of nitriles is 1. The molecule has 16 heavy (non-hydrogen) atoms. The van der Waals surface area contributed by atoms with Gasteiger partial charge in [0.05, 0.1) is 0 Å². The molecule has 0 atom stereocenters. The van der Waals surface area contributed by atoms with E-state index in [1.165, 1.54) is 0 Å². The predicted octanol–water partition coefficient (Wildman–Crippen LogP) is 1.02. The van der Waals surface area contributed by atoms with Gasteiger partial charge in [-0.1, -0.05) is 0 Å². The van der Waals surface area contributed by atoms with Crippen molar-refractivity contribution in [2.24, 2.45) is 0 Å². The third-order valence-electron chi connectivity index (χ3n) is 2.04. The van der Waals surface area contributed by atoms with Crippen LogP contribution in [0, 0.1) is 18.3 Å². The molecule has 5 nitrogen and oxygen atoms in total. The standard InChI is InChI=1S/C11H17N5/c1-9-14-10(8-12)7-11(15-9)13-5-4-6-16(2)3/h7H,4-6H2,1-3H3,(H,13,14,15). The Kier molecular flexibility index (Phi) is 4.67. The molecule has 0 bridgehead atoms. The first kappa shape index (κ1) is 12.4. The molecule has 0 fully saturated rings. The van der Waals surface area contributed by atoms with Crippen molar-refractivity contribution in [2.45, 2.75) is 13.3 Å². The zero-order valence-electron chi connectivity index (χ0n) is 9.99. The Bertz CT molecular complexity index is 380. The Hall–Kier alpha value is -1.67. The fourth-order valence-corrected chi connectivity index (χ4v) is 1.33. The van der Waals surface area contributed by atoms with Gasteiger partial charge in [-0.3, -0.25) is 0 Å². The highest BCUT2D eigenvalue weighted by Crippen LogP contribution is 2.05. The Balaban J connectivity index is 2.48. The second-order valence-corrected chi connectivity index (χ2v) is 3.88. The van der Waals surface area contributed by atoms with Gasteiger partial charge in [-0.15, -0.1) is 0 Å². The molecule has 86 valence electrons. The molecule has 1 heterocycles. The lowest BCUT2D eigenvalue weighted by Gasteiger charge is -2.10. The molecule has 0 spiro atoms. The molecule has 1 rings (SSSR count). The van der Waals surface area contributed by atoms with Crippen LogP contribution >= 0.6 is 0 Å². The molecule has 0 saturated heterocycles. The molecule has 0 amide bonds. The summed E-state index contributed by atoms with van der Waals surface area (Å²) in [6.07, 6.45) is 1.04. The minimum absolute atomic E-state index is 0.405. The molecule has 1 aromatic rings. The molecule has 0 aliphatic carbocycles. The summed E-state index contributed by atoms with van der Waals surface area (Å²) in [6.45, 7) is 3.66. The quantitative estimate of drug-likeness (QED) is 0.749. The van der Waals surface area contributed by atoms with E-state index in [1.807, 2.05) is 20.2 Å². The van der Waals surface area contributed by atoms with Crippen molar-refractivity contribution < 1.29 is 0 Å². The number of hydrogen-bond donors (Lipinski definition) is 1. The minimum atomic E-state index is 0.405. The van der Waals surface area contributed by atoms with Gasteiger partial charge in [0.1, 0.15) is 23.4 Å². The maximum Gasteiger partial charge on any atom is 0.146 e. The first-order valence-corrected chi connectivity index (χ1v) is 5.26. The first-order valence-electron chi connectivity index (χ1n) is 5.26. The molecule has 0 aliphatic rings. The van der Waals surface area contributed by atoms with Crippen molar-refractivity contribution in [1.82, 2.24) is 14.9 Å². The van der Waals surface area contributed by atoms with Crippen LogP contribution < -0.4 is 5.32 Å². The van der Waals surface area contributed by atoms with E-state index < -0.39 is 0 Å². The highest BCUT2D eigenvalue weighted by Gasteiger charge is 2.00. The number of hydrogen-bond acceptors (Lipinski definition) is 5. The third-order valence-corrected chi connectivity index (χ3v) is 2.04. The molecule has 0 aromatic carbocycles. The largest absolute Gasteiger partial charge is 0.370 e. The van der Waals surface area contributed by atoms with Crippen LogP contribution in [0.1, 0.15) is 17.9 Å². The van der Waals surface area contributed by atoms with E-state index in [1.54, 1.807) is 13.0 Å². The van der Waals surface area contributed by atoms with E-state index in [0.29, 0.717) is 11.5 Å². The number of aromatic nitrogens is 2. The van der Waals surface area contributed by atoms with E-state index in [2.05, 4.69) is 20.2 Å². The van der Waals surface area contributed by atoms with E-state index in [9.17, 15) is 0 Å². The van der Waals surface area contributed by atoms with Gasteiger partial charge >= 0.3 is 0 Å². The molecular formula is C11H17N5. The molecule has 0 aliphatic heterocycles. The van der Waals surface area contributed by atoms with Crippen LogP contribution in [0.5, 0.6) is 0 Å². The summed E-state index contributed by atoms with van der Waals surface area (Å²) in [6, 6.07) is 3.69. The van der Waals surface area contributed by atoms with Crippen molar-refractivity contribution in [3.05, 3.63) is 17.6 Å². The van der Waals surface area contributed by atoms with Crippen LogP contribution in [0.25, 0.3) is 0 Å². The number of aryl methyl sites for hydroxylation is 1. The van der Waals surface area contributed by atoms with Gasteiger partial charge < -0.3 is 10.2 Å². The third kappa shape index (κ3) is 4.24. The highest BCUT2D eigenvalue weighted by atomic mass is 15.1. The summed E-state index contributed by atoms with van der Waals surface area (Å²) in [5.74, 6) is 1.34. The van der Waals surface area contributed by atoms with E-state index in [-0.39, 0.29) is 0 Å². The van der Waals surface area contributed by atoms with Crippen LogP contribution in [-0.4, -0.2) is 42.1 Å². The Labute approximate surface area is 96.1 Å². The van der Waals surface area contributed by atoms with E-state index in [4.69, 9.17) is 5.26 Å². The van der Waals surface area contributed by atoms with Gasteiger partial charge in [0.15, 0.2) is 0 Å². The molecule has 1 N–H and O–H groups in total. The van der Waals surface area contributed by atoms with Crippen molar-refractivity contribution >= 4 is 5.82 Å². The SMILES string of the molecule is Cc1nc(C#N)cc(NCCCN(C)C)n1. The molecule has 0 radical (unpaired) electrons. The lowest BCUT2D eigenvalue weighted by atomic mass is 10.3. The van der Waals surface area contributed by atoms with Gasteiger partial charge in [0.25, 0.3) is 0 Å². The Morgan fingerprint density at radius 2 is 2.19 bits per heavy atom.